The van der Waals surface area contributed by atoms with Gasteiger partial charge in [-0.3, -0.25) is 0 Å². The number of rotatable bonds is 9. The summed E-state index contributed by atoms with van der Waals surface area (Å²) in [6.07, 6.45) is 0. The van der Waals surface area contributed by atoms with E-state index in [-0.39, 0.29) is 0.904 Å². The third-order valence-electron chi connectivity index (χ3n) is 5.04. The van der Waals surface area contributed by atoms with E-state index in [1.807, 2.05) is 0 Å². The van der Waals surface area contributed by atoms with Crippen LogP contribution in [-0.4, -0.2) is 63.0 Å². The van der Waals surface area contributed by atoms with Crippen molar-refractivity contribution in [2.75, 3.05) is 0 Å². The summed E-state index contributed by atoms with van der Waals surface area (Å²) >= 11 is -3.87. The summed E-state index contributed by atoms with van der Waals surface area (Å²) in [5.74, 6) is 0. The van der Waals surface area contributed by atoms with Crippen molar-refractivity contribution in [1.82, 2.24) is 12.7 Å². The van der Waals surface area contributed by atoms with Crippen LogP contribution in [0, 0.1) is 42.3 Å². The molecule has 0 saturated carbocycles. The summed E-state index contributed by atoms with van der Waals surface area (Å²) in [4.78, 5) is 43.7. The number of hydrogen-bond donors (Lipinski definition) is 0. The second kappa shape index (κ2) is 11.2. The molecular weight excluding hydrogens is 663 g/mol. The second-order valence-corrected chi connectivity index (χ2v) is 50.1. The van der Waals surface area contributed by atoms with Crippen molar-refractivity contribution >= 4 is 50.3 Å². The third kappa shape index (κ3) is 9.24. The van der Waals surface area contributed by atoms with Crippen LogP contribution in [-0.2, 0) is 0 Å². The average molecular weight is 717 g/mol. The summed E-state index contributed by atoms with van der Waals surface area (Å²) in [5.41, 5.74) is 0. The number of amides is 3. The Morgan fingerprint density at radius 2 is 0.471 bits per heavy atom. The van der Waals surface area contributed by atoms with Crippen LogP contribution < -0.4 is 0 Å². The van der Waals surface area contributed by atoms with Crippen molar-refractivity contribution in [2.24, 2.45) is 0 Å². The molecule has 0 aromatic heterocycles. The van der Waals surface area contributed by atoms with Gasteiger partial charge in [0.25, 0.3) is 0 Å². The Morgan fingerprint density at radius 1 is 0.353 bits per heavy atom. The van der Waals surface area contributed by atoms with Gasteiger partial charge in [0.05, 0.1) is 0 Å². The van der Waals surface area contributed by atoms with E-state index in [9.17, 15) is 14.4 Å². The molecule has 0 unspecified atom stereocenters. The van der Waals surface area contributed by atoms with Gasteiger partial charge in [-0.2, -0.15) is 0 Å². The molecule has 0 aromatic rings. The first-order valence-electron chi connectivity index (χ1n) is 12.2. The molecule has 0 radical (unpaired) electrons. The van der Waals surface area contributed by atoms with Gasteiger partial charge in [0, 0.05) is 0 Å². The van der Waals surface area contributed by atoms with Gasteiger partial charge in [0.2, 0.25) is 0 Å². The van der Waals surface area contributed by atoms with Crippen LogP contribution in [0.2, 0.25) is 118 Å². The topological polar surface area (TPSA) is 60.9 Å². The molecular formula is C21H54EuN3O3Si6. The molecule has 13 heteroatoms. The first-order valence-corrected chi connectivity index (χ1v) is 36.5. The molecule has 0 aliphatic rings. The zero-order valence-electron chi connectivity index (χ0n) is 25.4. The molecule has 0 saturated heterocycles. The Labute approximate surface area is 234 Å². The van der Waals surface area contributed by atoms with E-state index in [1.165, 1.54) is 0 Å². The molecule has 34 heavy (non-hydrogen) atoms. The van der Waals surface area contributed by atoms with Gasteiger partial charge in [0.15, 0.2) is 0 Å². The van der Waals surface area contributed by atoms with Crippen LogP contribution in [0.4, 0.5) is 14.4 Å². The van der Waals surface area contributed by atoms with Gasteiger partial charge in [-0.15, -0.1) is 0 Å². The van der Waals surface area contributed by atoms with Crippen molar-refractivity contribution in [3.05, 3.63) is 0 Å². The summed E-state index contributed by atoms with van der Waals surface area (Å²) in [7, 11) is -12.6. The second-order valence-electron chi connectivity index (χ2n) is 15.1. The quantitative estimate of drug-likeness (QED) is 0.228. The van der Waals surface area contributed by atoms with E-state index in [0.29, 0.717) is 0 Å². The average Bonchev–Trinajstić information content (AvgIpc) is 2.35. The monoisotopic (exact) mass is 717 g/mol. The van der Waals surface area contributed by atoms with Crippen LogP contribution in [0.25, 0.3) is 0 Å². The van der Waals surface area contributed by atoms with E-state index in [4.69, 9.17) is 0 Å². The van der Waals surface area contributed by atoms with Crippen LogP contribution in [0.1, 0.15) is 0 Å². The standard InChI is InChI=1S/3C7H18NOSi2.Eu/c3*1-10(2,3)8(7-9)11(4,5)6;/h3*1-6H3;. The molecule has 0 spiro atoms. The maximum atomic E-state index is 14.6. The zero-order chi connectivity index (χ0) is 28.0. The van der Waals surface area contributed by atoms with Crippen molar-refractivity contribution in [1.29, 1.82) is 0 Å². The molecule has 0 fully saturated rings. The minimum absolute atomic E-state index is 0.0543. The Bertz CT molecular complexity index is 638. The number of nitrogens with zero attached hydrogens (tertiary/aromatic N) is 3. The van der Waals surface area contributed by atoms with E-state index in [0.717, 1.165) is 0 Å². The third-order valence-corrected chi connectivity index (χ3v) is 34.2. The summed E-state index contributed by atoms with van der Waals surface area (Å²) in [6.45, 7) is 39.3. The number of carbonyl (C=O) groups excluding carboxylic acids is 3. The Kier molecular flexibility index (Phi) is 11.6. The Morgan fingerprint density at radius 3 is 0.559 bits per heavy atom. The predicted octanol–water partition coefficient (Wildman–Crippen LogP) is 7.88. The molecule has 0 aliphatic carbocycles. The van der Waals surface area contributed by atoms with Gasteiger partial charge in [-0.1, -0.05) is 0 Å². The zero-order valence-corrected chi connectivity index (χ0v) is 33.9. The maximum absolute atomic E-state index is 14.6. The molecule has 202 valence electrons. The summed E-state index contributed by atoms with van der Waals surface area (Å²) in [5, 5.41) is 0. The van der Waals surface area contributed by atoms with Crippen LogP contribution in [0.15, 0.2) is 0 Å². The number of carbonyl (C=O) groups is 3. The van der Waals surface area contributed by atoms with Gasteiger partial charge in [0.1, 0.15) is 0 Å². The fraction of sp³-hybridized carbons (Fsp3) is 0.857. The van der Waals surface area contributed by atoms with E-state index in [1.54, 1.807) is 0 Å². The van der Waals surface area contributed by atoms with Crippen LogP contribution in [0.3, 0.4) is 0 Å². The predicted molar refractivity (Wildman–Crippen MR) is 162 cm³/mol. The van der Waals surface area contributed by atoms with Gasteiger partial charge in [-0.25, -0.2) is 0 Å². The van der Waals surface area contributed by atoms with Gasteiger partial charge >= 0.3 is 238 Å². The first kappa shape index (κ1) is 35.3. The number of hydrogen-bond acceptors (Lipinski definition) is 3. The van der Waals surface area contributed by atoms with Crippen molar-refractivity contribution in [3.63, 3.8) is 0 Å². The van der Waals surface area contributed by atoms with E-state index in [2.05, 4.69) is 131 Å². The Balaban J connectivity index is 7.33. The summed E-state index contributed by atoms with van der Waals surface area (Å²) < 4.78 is 6.21. The first-order chi connectivity index (χ1) is 14.5. The van der Waals surface area contributed by atoms with Crippen LogP contribution in [0.5, 0.6) is 0 Å². The molecule has 0 bridgehead atoms. The molecule has 0 aromatic carbocycles. The molecule has 0 heterocycles. The molecule has 3 amide bonds. The minimum atomic E-state index is -3.87. The van der Waals surface area contributed by atoms with E-state index < -0.39 is 91.7 Å². The fourth-order valence-corrected chi connectivity index (χ4v) is 53.7. The normalized spacial score (nSPS) is 14.5. The summed E-state index contributed by atoms with van der Waals surface area (Å²) in [6, 6.07) is 0. The van der Waals surface area contributed by atoms with Gasteiger partial charge < -0.3 is 0 Å². The SMILES string of the molecule is C[Si](C)(C)N([C](=O)[Eu]([C](=O)N([Si](C)(C)C)[Si](C)(C)C)[C](=O)N([Si](C)(C)C)[Si](C)(C)C)[Si](C)(C)C. The molecule has 6 nitrogen and oxygen atoms in total. The van der Waals surface area contributed by atoms with Crippen molar-refractivity contribution in [3.8, 4) is 0 Å². The molecule has 0 rings (SSSR count). The molecule has 0 atom stereocenters. The molecule has 0 N–H and O–H groups in total. The van der Waals surface area contributed by atoms with Crippen molar-refractivity contribution in [2.45, 2.75) is 118 Å². The molecule has 0 aliphatic heterocycles. The van der Waals surface area contributed by atoms with Crippen LogP contribution >= 0.6 is 0 Å². The van der Waals surface area contributed by atoms with Crippen molar-refractivity contribution < 1.29 is 56.7 Å². The fourth-order valence-electron chi connectivity index (χ4n) is 5.06. The Hall–Kier alpha value is 1.30. The van der Waals surface area contributed by atoms with E-state index >= 15 is 0 Å². The van der Waals surface area contributed by atoms with Gasteiger partial charge in [-0.05, 0) is 0 Å².